The van der Waals surface area contributed by atoms with Crippen LogP contribution in [0.2, 0.25) is 0 Å². The van der Waals surface area contributed by atoms with E-state index in [1.54, 1.807) is 0 Å². The molecule has 0 atom stereocenters. The van der Waals surface area contributed by atoms with Crippen molar-refractivity contribution in [1.29, 1.82) is 0 Å². The van der Waals surface area contributed by atoms with Crippen molar-refractivity contribution in [2.24, 2.45) is 0 Å². The zero-order chi connectivity index (χ0) is 12.3. The van der Waals surface area contributed by atoms with Crippen LogP contribution in [0.5, 0.6) is 0 Å². The molecule has 0 radical (unpaired) electrons. The van der Waals surface area contributed by atoms with Crippen molar-refractivity contribution in [2.45, 2.75) is 6.42 Å². The van der Waals surface area contributed by atoms with Crippen LogP contribution in [0.1, 0.15) is 21.5 Å². The van der Waals surface area contributed by atoms with Crippen LogP contribution in [0, 0.1) is 5.82 Å². The van der Waals surface area contributed by atoms with Gasteiger partial charge in [-0.15, -0.1) is 0 Å². The van der Waals surface area contributed by atoms with Gasteiger partial charge in [0.05, 0.1) is 5.56 Å². The van der Waals surface area contributed by atoms with E-state index in [9.17, 15) is 9.18 Å². The number of carbonyl (C=O) groups is 1. The Morgan fingerprint density at radius 2 is 1.76 bits per heavy atom. The second-order valence-corrected chi connectivity index (χ2v) is 3.82. The van der Waals surface area contributed by atoms with Crippen molar-refractivity contribution in [2.75, 3.05) is 0 Å². The minimum Gasteiger partial charge on any atom is -0.478 e. The first-order valence-electron chi connectivity index (χ1n) is 5.22. The molecule has 0 heterocycles. The Balaban J connectivity index is 2.30. The summed E-state index contributed by atoms with van der Waals surface area (Å²) in [6.07, 6.45) is 0.527. The highest BCUT2D eigenvalue weighted by molar-refractivity contribution is 5.87. The van der Waals surface area contributed by atoms with Gasteiger partial charge in [0.15, 0.2) is 0 Å². The SMILES string of the molecule is O=C(O)c1cc(F)cc(Cc2ccccc2)c1. The molecule has 86 valence electrons. The number of hydrogen-bond acceptors (Lipinski definition) is 1. The van der Waals surface area contributed by atoms with Gasteiger partial charge in [-0.1, -0.05) is 30.3 Å². The van der Waals surface area contributed by atoms with E-state index in [2.05, 4.69) is 0 Å². The van der Waals surface area contributed by atoms with Gasteiger partial charge in [0.1, 0.15) is 5.82 Å². The number of carboxylic acids is 1. The van der Waals surface area contributed by atoms with Crippen molar-refractivity contribution in [3.63, 3.8) is 0 Å². The molecule has 0 spiro atoms. The summed E-state index contributed by atoms with van der Waals surface area (Å²) < 4.78 is 13.2. The van der Waals surface area contributed by atoms with Crippen LogP contribution >= 0.6 is 0 Å². The first-order chi connectivity index (χ1) is 8.15. The fraction of sp³-hybridized carbons (Fsp3) is 0.0714. The zero-order valence-electron chi connectivity index (χ0n) is 9.06. The molecule has 3 heteroatoms. The molecule has 0 saturated heterocycles. The molecule has 0 bridgehead atoms. The standard InChI is InChI=1S/C14H11FO2/c15-13-8-11(7-12(9-13)14(16)17)6-10-4-2-1-3-5-10/h1-5,7-9H,6H2,(H,16,17). The maximum absolute atomic E-state index is 13.2. The molecule has 0 aliphatic heterocycles. The van der Waals surface area contributed by atoms with E-state index in [4.69, 9.17) is 5.11 Å². The second kappa shape index (κ2) is 4.78. The van der Waals surface area contributed by atoms with Crippen molar-refractivity contribution in [3.05, 3.63) is 71.0 Å². The topological polar surface area (TPSA) is 37.3 Å². The van der Waals surface area contributed by atoms with Gasteiger partial charge >= 0.3 is 5.97 Å². The minimum atomic E-state index is -1.11. The molecule has 17 heavy (non-hydrogen) atoms. The molecule has 2 nitrogen and oxygen atoms in total. The maximum Gasteiger partial charge on any atom is 0.335 e. The summed E-state index contributed by atoms with van der Waals surface area (Å²) in [7, 11) is 0. The molecular formula is C14H11FO2. The Morgan fingerprint density at radius 3 is 2.41 bits per heavy atom. The second-order valence-electron chi connectivity index (χ2n) is 3.82. The first kappa shape index (κ1) is 11.3. The van der Waals surface area contributed by atoms with Crippen LogP contribution in [0.25, 0.3) is 0 Å². The normalized spacial score (nSPS) is 10.2. The largest absolute Gasteiger partial charge is 0.478 e. The quantitative estimate of drug-likeness (QED) is 0.879. The van der Waals surface area contributed by atoms with E-state index in [1.807, 2.05) is 30.3 Å². The van der Waals surface area contributed by atoms with Crippen molar-refractivity contribution in [1.82, 2.24) is 0 Å². The summed E-state index contributed by atoms with van der Waals surface area (Å²) in [6.45, 7) is 0. The molecule has 2 aromatic rings. The number of hydrogen-bond donors (Lipinski definition) is 1. The lowest BCUT2D eigenvalue weighted by Gasteiger charge is -2.04. The van der Waals surface area contributed by atoms with E-state index in [-0.39, 0.29) is 5.56 Å². The van der Waals surface area contributed by atoms with Crippen LogP contribution in [0.15, 0.2) is 48.5 Å². The van der Waals surface area contributed by atoms with Gasteiger partial charge in [0.25, 0.3) is 0 Å². The fourth-order valence-electron chi connectivity index (χ4n) is 1.71. The van der Waals surface area contributed by atoms with Gasteiger partial charge in [-0.25, -0.2) is 9.18 Å². The molecule has 2 aromatic carbocycles. The van der Waals surface area contributed by atoms with Crippen molar-refractivity contribution >= 4 is 5.97 Å². The molecular weight excluding hydrogens is 219 g/mol. The Hall–Kier alpha value is -2.16. The summed E-state index contributed by atoms with van der Waals surface area (Å²) in [4.78, 5) is 10.8. The number of rotatable bonds is 3. The third kappa shape index (κ3) is 2.91. The highest BCUT2D eigenvalue weighted by atomic mass is 19.1. The number of benzene rings is 2. The summed E-state index contributed by atoms with van der Waals surface area (Å²) in [5.41, 5.74) is 1.67. The van der Waals surface area contributed by atoms with E-state index >= 15 is 0 Å². The number of halogens is 1. The van der Waals surface area contributed by atoms with Crippen molar-refractivity contribution < 1.29 is 14.3 Å². The van der Waals surface area contributed by atoms with Crippen LogP contribution in [-0.4, -0.2) is 11.1 Å². The molecule has 0 unspecified atom stereocenters. The van der Waals surface area contributed by atoms with Crippen LogP contribution in [-0.2, 0) is 6.42 Å². The minimum absolute atomic E-state index is 0.0177. The number of aromatic carboxylic acids is 1. The lowest BCUT2D eigenvalue weighted by molar-refractivity contribution is 0.0696. The molecule has 0 aromatic heterocycles. The predicted molar refractivity (Wildman–Crippen MR) is 62.6 cm³/mol. The lowest BCUT2D eigenvalue weighted by Crippen LogP contribution is -1.99. The van der Waals surface area contributed by atoms with Gasteiger partial charge in [-0.3, -0.25) is 0 Å². The Kier molecular flexibility index (Phi) is 3.19. The molecule has 0 fully saturated rings. The summed E-state index contributed by atoms with van der Waals surface area (Å²) in [5, 5.41) is 8.83. The highest BCUT2D eigenvalue weighted by Crippen LogP contribution is 2.14. The van der Waals surface area contributed by atoms with E-state index < -0.39 is 11.8 Å². The Labute approximate surface area is 98.3 Å². The summed E-state index contributed by atoms with van der Waals surface area (Å²) >= 11 is 0. The highest BCUT2D eigenvalue weighted by Gasteiger charge is 2.07. The van der Waals surface area contributed by atoms with E-state index in [0.717, 1.165) is 11.6 Å². The molecule has 0 amide bonds. The molecule has 0 aliphatic rings. The van der Waals surface area contributed by atoms with Gasteiger partial charge in [-0.2, -0.15) is 0 Å². The molecule has 1 N–H and O–H groups in total. The van der Waals surface area contributed by atoms with Crippen LogP contribution in [0.3, 0.4) is 0 Å². The number of carboxylic acid groups (broad SMARTS) is 1. The molecule has 0 aliphatic carbocycles. The predicted octanol–water partition coefficient (Wildman–Crippen LogP) is 3.11. The summed E-state index contributed by atoms with van der Waals surface area (Å²) in [6, 6.07) is 13.4. The Morgan fingerprint density at radius 1 is 1.06 bits per heavy atom. The van der Waals surface area contributed by atoms with E-state index in [1.165, 1.54) is 12.1 Å². The zero-order valence-corrected chi connectivity index (χ0v) is 9.06. The third-order valence-corrected chi connectivity index (χ3v) is 2.46. The Bertz CT molecular complexity index is 535. The fourth-order valence-corrected chi connectivity index (χ4v) is 1.71. The van der Waals surface area contributed by atoms with Gasteiger partial charge in [-0.05, 0) is 35.7 Å². The average molecular weight is 230 g/mol. The first-order valence-corrected chi connectivity index (χ1v) is 5.22. The lowest BCUT2D eigenvalue weighted by atomic mass is 10.0. The summed E-state index contributed by atoms with van der Waals surface area (Å²) in [5.74, 6) is -1.63. The van der Waals surface area contributed by atoms with Crippen molar-refractivity contribution in [3.8, 4) is 0 Å². The average Bonchev–Trinajstić information content (AvgIpc) is 2.29. The van der Waals surface area contributed by atoms with Crippen LogP contribution < -0.4 is 0 Å². The van der Waals surface area contributed by atoms with Gasteiger partial charge in [0.2, 0.25) is 0 Å². The monoisotopic (exact) mass is 230 g/mol. The smallest absolute Gasteiger partial charge is 0.335 e. The maximum atomic E-state index is 13.2. The van der Waals surface area contributed by atoms with Crippen LogP contribution in [0.4, 0.5) is 4.39 Å². The third-order valence-electron chi connectivity index (χ3n) is 2.46. The van der Waals surface area contributed by atoms with Gasteiger partial charge in [0, 0.05) is 0 Å². The molecule has 0 saturated carbocycles. The van der Waals surface area contributed by atoms with E-state index in [0.29, 0.717) is 12.0 Å². The molecule has 2 rings (SSSR count). The van der Waals surface area contributed by atoms with Gasteiger partial charge < -0.3 is 5.11 Å².